The molecule has 0 atom stereocenters. The predicted octanol–water partition coefficient (Wildman–Crippen LogP) is 7.43. The van der Waals surface area contributed by atoms with Crippen LogP contribution in [0.5, 0.6) is 5.75 Å². The van der Waals surface area contributed by atoms with Crippen molar-refractivity contribution in [2.75, 3.05) is 12.4 Å². The number of carbonyl (C=O) groups is 1. The topological polar surface area (TPSA) is 26.3 Å². The molecule has 0 aliphatic heterocycles. The maximum Gasteiger partial charge on any atom is 0.185 e. The van der Waals surface area contributed by atoms with Gasteiger partial charge in [0.05, 0.1) is 6.61 Å². The summed E-state index contributed by atoms with van der Waals surface area (Å²) >= 11 is 1.82. The Hall–Kier alpha value is -2.00. The predicted molar refractivity (Wildman–Crippen MR) is 122 cm³/mol. The molecule has 2 nitrogen and oxygen atoms in total. The van der Waals surface area contributed by atoms with Crippen LogP contribution in [0.25, 0.3) is 6.08 Å². The highest BCUT2D eigenvalue weighted by molar-refractivity contribution is 7.99. The SMILES string of the molecule is CCCCCCCOc1ccccc1/C=C/C(=O)c1ccc(SCCC)cc1. The second-order valence-electron chi connectivity index (χ2n) is 6.87. The first-order valence-electron chi connectivity index (χ1n) is 10.4. The van der Waals surface area contributed by atoms with Crippen LogP contribution >= 0.6 is 11.8 Å². The summed E-state index contributed by atoms with van der Waals surface area (Å²) in [6, 6.07) is 15.8. The van der Waals surface area contributed by atoms with Gasteiger partial charge in [-0.25, -0.2) is 0 Å². The number of para-hydroxylation sites is 1. The summed E-state index contributed by atoms with van der Waals surface area (Å²) in [5, 5.41) is 0. The number of allylic oxidation sites excluding steroid dienone is 1. The molecule has 0 bridgehead atoms. The lowest BCUT2D eigenvalue weighted by molar-refractivity contribution is 0.104. The van der Waals surface area contributed by atoms with Crippen molar-refractivity contribution >= 4 is 23.6 Å². The van der Waals surface area contributed by atoms with E-state index in [0.29, 0.717) is 5.56 Å². The summed E-state index contributed by atoms with van der Waals surface area (Å²) in [6.07, 6.45) is 10.7. The second kappa shape index (κ2) is 13.2. The van der Waals surface area contributed by atoms with E-state index in [9.17, 15) is 4.79 Å². The van der Waals surface area contributed by atoms with Crippen molar-refractivity contribution in [1.29, 1.82) is 0 Å². The minimum absolute atomic E-state index is 0.0152. The number of benzene rings is 2. The fraction of sp³-hybridized carbons (Fsp3) is 0.400. The van der Waals surface area contributed by atoms with Crippen LogP contribution in [-0.2, 0) is 0 Å². The summed E-state index contributed by atoms with van der Waals surface area (Å²) < 4.78 is 5.94. The lowest BCUT2D eigenvalue weighted by Gasteiger charge is -2.09. The molecule has 0 aliphatic carbocycles. The zero-order valence-corrected chi connectivity index (χ0v) is 18.0. The van der Waals surface area contributed by atoms with Crippen molar-refractivity contribution in [3.63, 3.8) is 0 Å². The Bertz CT molecular complexity index is 734. The first-order chi connectivity index (χ1) is 13.7. The first kappa shape index (κ1) is 22.3. The number of ether oxygens (including phenoxy) is 1. The van der Waals surface area contributed by atoms with Crippen LogP contribution in [-0.4, -0.2) is 18.1 Å². The molecule has 150 valence electrons. The number of carbonyl (C=O) groups excluding carboxylic acids is 1. The Balaban J connectivity index is 1.91. The van der Waals surface area contributed by atoms with Gasteiger partial charge in [0.15, 0.2) is 5.78 Å². The third kappa shape index (κ3) is 7.93. The van der Waals surface area contributed by atoms with Crippen molar-refractivity contribution in [3.8, 4) is 5.75 Å². The fourth-order valence-electron chi connectivity index (χ4n) is 2.83. The van der Waals surface area contributed by atoms with Gasteiger partial charge in [-0.15, -0.1) is 11.8 Å². The number of ketones is 1. The summed E-state index contributed by atoms with van der Waals surface area (Å²) in [5.41, 5.74) is 1.66. The van der Waals surface area contributed by atoms with E-state index < -0.39 is 0 Å². The van der Waals surface area contributed by atoms with Crippen LogP contribution < -0.4 is 4.74 Å². The molecule has 0 amide bonds. The third-order valence-corrected chi connectivity index (χ3v) is 5.67. The molecule has 0 heterocycles. The van der Waals surface area contributed by atoms with Gasteiger partial charge in [0.2, 0.25) is 0 Å². The van der Waals surface area contributed by atoms with E-state index in [2.05, 4.69) is 13.8 Å². The van der Waals surface area contributed by atoms with Crippen LogP contribution in [0, 0.1) is 0 Å². The molecule has 2 aromatic rings. The highest BCUT2D eigenvalue weighted by Gasteiger charge is 2.04. The van der Waals surface area contributed by atoms with Crippen molar-refractivity contribution in [2.45, 2.75) is 57.3 Å². The second-order valence-corrected chi connectivity index (χ2v) is 8.04. The summed E-state index contributed by atoms with van der Waals surface area (Å²) in [4.78, 5) is 13.7. The van der Waals surface area contributed by atoms with Gasteiger partial charge in [0, 0.05) is 16.0 Å². The standard InChI is InChI=1S/C25H32O2S/c1-3-5-6-7-10-19-27-25-12-9-8-11-22(25)15-18-24(26)21-13-16-23(17-14-21)28-20-4-2/h8-9,11-18H,3-7,10,19-20H2,1-2H3/b18-15+. The number of thioether (sulfide) groups is 1. The van der Waals surface area contributed by atoms with Gasteiger partial charge >= 0.3 is 0 Å². The maximum atomic E-state index is 12.5. The molecule has 2 rings (SSSR count). The molecule has 0 unspecified atom stereocenters. The number of unbranched alkanes of at least 4 members (excludes halogenated alkanes) is 4. The Kier molecular flexibility index (Phi) is 10.5. The van der Waals surface area contributed by atoms with E-state index in [0.717, 1.165) is 36.5 Å². The molecule has 0 saturated carbocycles. The van der Waals surface area contributed by atoms with Crippen LogP contribution in [0.2, 0.25) is 0 Å². The van der Waals surface area contributed by atoms with E-state index in [-0.39, 0.29) is 5.78 Å². The Labute approximate surface area is 174 Å². The van der Waals surface area contributed by atoms with Gasteiger partial charge in [0.25, 0.3) is 0 Å². The summed E-state index contributed by atoms with van der Waals surface area (Å²) in [5.74, 6) is 1.96. The molecule has 2 aromatic carbocycles. The Morgan fingerprint density at radius 2 is 1.68 bits per heavy atom. The normalized spacial score (nSPS) is 11.1. The van der Waals surface area contributed by atoms with Crippen molar-refractivity contribution in [3.05, 3.63) is 65.7 Å². The maximum absolute atomic E-state index is 12.5. The number of hydrogen-bond donors (Lipinski definition) is 0. The molecule has 3 heteroatoms. The van der Waals surface area contributed by atoms with E-state index in [1.54, 1.807) is 6.08 Å². The molecule has 0 aromatic heterocycles. The van der Waals surface area contributed by atoms with Crippen LogP contribution in [0.15, 0.2) is 59.5 Å². The van der Waals surface area contributed by atoms with Gasteiger partial charge in [-0.2, -0.15) is 0 Å². The lowest BCUT2D eigenvalue weighted by atomic mass is 10.1. The quantitative estimate of drug-likeness (QED) is 0.152. The Morgan fingerprint density at radius 1 is 0.929 bits per heavy atom. The minimum Gasteiger partial charge on any atom is -0.493 e. The van der Waals surface area contributed by atoms with Crippen molar-refractivity contribution in [1.82, 2.24) is 0 Å². The first-order valence-corrected chi connectivity index (χ1v) is 11.4. The van der Waals surface area contributed by atoms with Crippen molar-refractivity contribution < 1.29 is 9.53 Å². The summed E-state index contributed by atoms with van der Waals surface area (Å²) in [7, 11) is 0. The molecule has 28 heavy (non-hydrogen) atoms. The highest BCUT2D eigenvalue weighted by atomic mass is 32.2. The molecule has 0 aliphatic rings. The number of hydrogen-bond acceptors (Lipinski definition) is 3. The monoisotopic (exact) mass is 396 g/mol. The van der Waals surface area contributed by atoms with E-state index >= 15 is 0 Å². The average molecular weight is 397 g/mol. The molecule has 0 spiro atoms. The molecule has 0 N–H and O–H groups in total. The minimum atomic E-state index is 0.0152. The van der Waals surface area contributed by atoms with Gasteiger partial charge in [0.1, 0.15) is 5.75 Å². The molecular formula is C25H32O2S. The van der Waals surface area contributed by atoms with Crippen LogP contribution in [0.1, 0.15) is 68.3 Å². The lowest BCUT2D eigenvalue weighted by Crippen LogP contribution is -1.99. The third-order valence-electron chi connectivity index (χ3n) is 4.45. The van der Waals surface area contributed by atoms with Crippen LogP contribution in [0.3, 0.4) is 0 Å². The fourth-order valence-corrected chi connectivity index (χ4v) is 3.60. The van der Waals surface area contributed by atoms with E-state index in [4.69, 9.17) is 4.74 Å². The molecule has 0 radical (unpaired) electrons. The van der Waals surface area contributed by atoms with Gasteiger partial charge < -0.3 is 4.74 Å². The number of rotatable bonds is 13. The smallest absolute Gasteiger partial charge is 0.185 e. The molecular weight excluding hydrogens is 364 g/mol. The summed E-state index contributed by atoms with van der Waals surface area (Å²) in [6.45, 7) is 5.11. The van der Waals surface area contributed by atoms with Gasteiger partial charge in [-0.3, -0.25) is 4.79 Å². The van der Waals surface area contributed by atoms with Crippen LogP contribution in [0.4, 0.5) is 0 Å². The van der Waals surface area contributed by atoms with Gasteiger partial charge in [-0.1, -0.05) is 57.7 Å². The Morgan fingerprint density at radius 3 is 2.43 bits per heavy atom. The average Bonchev–Trinajstić information content (AvgIpc) is 2.74. The van der Waals surface area contributed by atoms with Crippen molar-refractivity contribution in [2.24, 2.45) is 0 Å². The van der Waals surface area contributed by atoms with Gasteiger partial charge in [-0.05, 0) is 61.1 Å². The zero-order chi connectivity index (χ0) is 20.0. The van der Waals surface area contributed by atoms with E-state index in [1.807, 2.05) is 66.4 Å². The van der Waals surface area contributed by atoms with E-state index in [1.165, 1.54) is 30.6 Å². The molecule has 0 saturated heterocycles. The molecule has 0 fully saturated rings. The highest BCUT2D eigenvalue weighted by Crippen LogP contribution is 2.22. The zero-order valence-electron chi connectivity index (χ0n) is 17.2. The largest absolute Gasteiger partial charge is 0.493 e.